The minimum atomic E-state index is -0.434. The van der Waals surface area contributed by atoms with Crippen LogP contribution in [0.4, 0.5) is 0 Å². The lowest BCUT2D eigenvalue weighted by Crippen LogP contribution is -2.49. The van der Waals surface area contributed by atoms with Gasteiger partial charge in [0.2, 0.25) is 5.91 Å². The van der Waals surface area contributed by atoms with Crippen LogP contribution in [0.5, 0.6) is 5.75 Å². The molecule has 190 valence electrons. The van der Waals surface area contributed by atoms with Gasteiger partial charge in [-0.25, -0.2) is 0 Å². The highest BCUT2D eigenvalue weighted by molar-refractivity contribution is 6.01. The van der Waals surface area contributed by atoms with Gasteiger partial charge in [-0.05, 0) is 94.5 Å². The molecular weight excluding hydrogens is 442 g/mol. The Morgan fingerprint density at radius 1 is 1.11 bits per heavy atom. The molecule has 2 saturated carbocycles. The Bertz CT molecular complexity index is 971. The number of amides is 2. The largest absolute Gasteiger partial charge is 0.489 e. The minimum Gasteiger partial charge on any atom is -0.489 e. The number of allylic oxidation sites excluding steroid dienone is 1. The van der Waals surface area contributed by atoms with Crippen LogP contribution in [0, 0.1) is 5.92 Å². The van der Waals surface area contributed by atoms with Crippen molar-refractivity contribution in [1.29, 1.82) is 0 Å². The molecular formula is C28H39N3O4. The van der Waals surface area contributed by atoms with E-state index in [9.17, 15) is 9.59 Å². The van der Waals surface area contributed by atoms with Gasteiger partial charge in [-0.1, -0.05) is 6.58 Å². The van der Waals surface area contributed by atoms with Crippen LogP contribution in [0.25, 0.3) is 0 Å². The van der Waals surface area contributed by atoms with E-state index in [0.717, 1.165) is 42.3 Å². The van der Waals surface area contributed by atoms with Gasteiger partial charge >= 0.3 is 0 Å². The van der Waals surface area contributed by atoms with Gasteiger partial charge in [-0.2, -0.15) is 0 Å². The summed E-state index contributed by atoms with van der Waals surface area (Å²) < 4.78 is 12.1. The van der Waals surface area contributed by atoms with Crippen LogP contribution in [-0.4, -0.2) is 66.6 Å². The molecule has 7 heteroatoms. The van der Waals surface area contributed by atoms with Crippen molar-refractivity contribution in [3.63, 3.8) is 0 Å². The van der Waals surface area contributed by atoms with E-state index in [4.69, 9.17) is 9.47 Å². The number of likely N-dealkylation sites (N-methyl/N-ethyl adjacent to an activating group) is 1. The van der Waals surface area contributed by atoms with E-state index in [1.54, 1.807) is 4.90 Å². The van der Waals surface area contributed by atoms with Gasteiger partial charge in [0.15, 0.2) is 0 Å². The van der Waals surface area contributed by atoms with E-state index >= 15 is 0 Å². The molecule has 2 aliphatic heterocycles. The van der Waals surface area contributed by atoms with Gasteiger partial charge in [0.1, 0.15) is 17.9 Å². The zero-order chi connectivity index (χ0) is 24.5. The SMILES string of the molecule is C=C1CCC(N2Cc3cc(O[C@H]4CCC[C@@H]4N(C)CC4CCC(OC)CC4)ccc3C2=O)C(=O)N1. The average molecular weight is 482 g/mol. The number of methoxy groups -OCH3 is 1. The maximum atomic E-state index is 13.0. The summed E-state index contributed by atoms with van der Waals surface area (Å²) in [5.74, 6) is 1.36. The Hall–Kier alpha value is -2.38. The summed E-state index contributed by atoms with van der Waals surface area (Å²) in [7, 11) is 4.08. The van der Waals surface area contributed by atoms with Crippen LogP contribution in [-0.2, 0) is 16.1 Å². The number of hydrogen-bond donors (Lipinski definition) is 1. The Kier molecular flexibility index (Phi) is 7.17. The third-order valence-electron chi connectivity index (χ3n) is 8.55. The van der Waals surface area contributed by atoms with E-state index in [0.29, 0.717) is 37.1 Å². The maximum absolute atomic E-state index is 13.0. The fourth-order valence-corrected chi connectivity index (χ4v) is 6.52. The lowest BCUT2D eigenvalue weighted by molar-refractivity contribution is -0.126. The molecule has 1 N–H and O–H groups in total. The Labute approximate surface area is 208 Å². The van der Waals surface area contributed by atoms with Gasteiger partial charge in [0.05, 0.1) is 6.10 Å². The number of nitrogens with zero attached hydrogens (tertiary/aromatic N) is 2. The van der Waals surface area contributed by atoms with E-state index in [1.165, 1.54) is 32.1 Å². The van der Waals surface area contributed by atoms with Crippen LogP contribution in [0.2, 0.25) is 0 Å². The molecule has 1 aromatic rings. The molecule has 35 heavy (non-hydrogen) atoms. The van der Waals surface area contributed by atoms with Crippen LogP contribution >= 0.6 is 0 Å². The molecule has 1 unspecified atom stereocenters. The number of rotatable bonds is 7. The molecule has 1 saturated heterocycles. The predicted octanol–water partition coefficient (Wildman–Crippen LogP) is 3.87. The summed E-state index contributed by atoms with van der Waals surface area (Å²) in [6.07, 6.45) is 10.1. The summed E-state index contributed by atoms with van der Waals surface area (Å²) in [6, 6.07) is 5.78. The van der Waals surface area contributed by atoms with Gasteiger partial charge in [0.25, 0.3) is 5.91 Å². The molecule has 3 fully saturated rings. The number of carbonyl (C=O) groups excluding carboxylic acids is 2. The highest BCUT2D eigenvalue weighted by atomic mass is 16.5. The Balaban J connectivity index is 1.20. The number of fused-ring (bicyclic) bond motifs is 1. The standard InChI is InChI=1S/C28H39N3O4/c1-18-7-14-25(27(32)29-18)31-17-20-15-22(12-13-23(20)28(31)33)35-26-6-4-5-24(26)30(2)16-19-8-10-21(34-3)11-9-19/h12-13,15,19,21,24-26H,1,4-11,14,16-17H2,2-3H3,(H,29,32)/t19?,21?,24-,25?,26-/m0/s1. The monoisotopic (exact) mass is 481 g/mol. The summed E-state index contributed by atoms with van der Waals surface area (Å²) in [5.41, 5.74) is 2.36. The van der Waals surface area contributed by atoms with Gasteiger partial charge in [-0.15, -0.1) is 0 Å². The molecule has 0 spiro atoms. The number of benzene rings is 1. The summed E-state index contributed by atoms with van der Waals surface area (Å²) in [5, 5.41) is 2.80. The van der Waals surface area contributed by atoms with Crippen molar-refractivity contribution >= 4 is 11.8 Å². The number of nitrogens with one attached hydrogen (secondary N) is 1. The zero-order valence-corrected chi connectivity index (χ0v) is 21.1. The molecule has 7 nitrogen and oxygen atoms in total. The van der Waals surface area contributed by atoms with Crippen molar-refractivity contribution in [2.45, 2.75) is 88.6 Å². The highest BCUT2D eigenvalue weighted by Crippen LogP contribution is 2.34. The van der Waals surface area contributed by atoms with Crippen molar-refractivity contribution in [2.24, 2.45) is 5.92 Å². The second-order valence-corrected chi connectivity index (χ2v) is 10.9. The Morgan fingerprint density at radius 2 is 1.91 bits per heavy atom. The fourth-order valence-electron chi connectivity index (χ4n) is 6.52. The second kappa shape index (κ2) is 10.3. The van der Waals surface area contributed by atoms with Crippen LogP contribution in [0.1, 0.15) is 73.7 Å². The van der Waals surface area contributed by atoms with Gasteiger partial charge < -0.3 is 19.7 Å². The Morgan fingerprint density at radius 3 is 2.66 bits per heavy atom. The number of ether oxygens (including phenoxy) is 2. The molecule has 2 amide bonds. The molecule has 5 rings (SSSR count). The summed E-state index contributed by atoms with van der Waals surface area (Å²) in [4.78, 5) is 29.7. The van der Waals surface area contributed by atoms with E-state index in [2.05, 4.69) is 23.8 Å². The first-order valence-electron chi connectivity index (χ1n) is 13.2. The van der Waals surface area contributed by atoms with Crippen LogP contribution in [0.15, 0.2) is 30.5 Å². The van der Waals surface area contributed by atoms with Gasteiger partial charge in [-0.3, -0.25) is 14.5 Å². The van der Waals surface area contributed by atoms with E-state index in [-0.39, 0.29) is 17.9 Å². The molecule has 0 bridgehead atoms. The molecule has 0 aromatic heterocycles. The normalized spacial score (nSPS) is 31.1. The fraction of sp³-hybridized carbons (Fsp3) is 0.643. The van der Waals surface area contributed by atoms with E-state index < -0.39 is 6.04 Å². The number of hydrogen-bond acceptors (Lipinski definition) is 5. The van der Waals surface area contributed by atoms with Crippen LogP contribution in [0.3, 0.4) is 0 Å². The van der Waals surface area contributed by atoms with Crippen molar-refractivity contribution in [1.82, 2.24) is 15.1 Å². The molecule has 1 aromatic carbocycles. The first kappa shape index (κ1) is 24.3. The summed E-state index contributed by atoms with van der Waals surface area (Å²) >= 11 is 0. The molecule has 3 atom stereocenters. The maximum Gasteiger partial charge on any atom is 0.255 e. The number of carbonyl (C=O) groups is 2. The molecule has 0 radical (unpaired) electrons. The van der Waals surface area contributed by atoms with Crippen molar-refractivity contribution in [3.8, 4) is 5.75 Å². The smallest absolute Gasteiger partial charge is 0.255 e. The highest BCUT2D eigenvalue weighted by Gasteiger charge is 2.39. The predicted molar refractivity (Wildman–Crippen MR) is 134 cm³/mol. The van der Waals surface area contributed by atoms with Crippen molar-refractivity contribution in [2.75, 3.05) is 20.7 Å². The van der Waals surface area contributed by atoms with Crippen molar-refractivity contribution < 1.29 is 19.1 Å². The molecule has 4 aliphatic rings. The lowest BCUT2D eigenvalue weighted by atomic mass is 9.87. The number of piperidine rings is 1. The first-order chi connectivity index (χ1) is 16.9. The molecule has 2 heterocycles. The van der Waals surface area contributed by atoms with E-state index in [1.807, 2.05) is 25.3 Å². The zero-order valence-electron chi connectivity index (χ0n) is 21.1. The second-order valence-electron chi connectivity index (χ2n) is 10.9. The third kappa shape index (κ3) is 5.12. The van der Waals surface area contributed by atoms with Crippen molar-refractivity contribution in [3.05, 3.63) is 41.6 Å². The quantitative estimate of drug-likeness (QED) is 0.640. The first-order valence-corrected chi connectivity index (χ1v) is 13.2. The lowest BCUT2D eigenvalue weighted by Gasteiger charge is -2.35. The third-order valence-corrected chi connectivity index (χ3v) is 8.55. The van der Waals surface area contributed by atoms with Gasteiger partial charge in [0, 0.05) is 37.5 Å². The van der Waals surface area contributed by atoms with Crippen LogP contribution < -0.4 is 10.1 Å². The minimum absolute atomic E-state index is 0.0686. The average Bonchev–Trinajstić information content (AvgIpc) is 3.44. The molecule has 2 aliphatic carbocycles. The summed E-state index contributed by atoms with van der Waals surface area (Å²) in [6.45, 7) is 5.41. The topological polar surface area (TPSA) is 71.1 Å².